The Balaban J connectivity index is 1.97. The number of nitrogens with zero attached hydrogens (tertiary/aromatic N) is 1. The zero-order chi connectivity index (χ0) is 15.0. The molecule has 3 unspecified atom stereocenters. The monoisotopic (exact) mass is 287 g/mol. The van der Waals surface area contributed by atoms with E-state index < -0.39 is 12.0 Å². The maximum Gasteiger partial charge on any atom is 0.305 e. The standard InChI is InChI=1S/C16H17NO4/c18-14(19)9-13(10-4-2-1-3-5-10)17-15(20)11-6-7-12(8-11)16(17)21/h1-5,11-13H,6-9H2,(H,18,19). The van der Waals surface area contributed by atoms with Crippen LogP contribution in [-0.2, 0) is 14.4 Å². The third kappa shape index (κ3) is 2.44. The summed E-state index contributed by atoms with van der Waals surface area (Å²) in [6, 6.07) is 8.24. The van der Waals surface area contributed by atoms with Crippen molar-refractivity contribution in [1.82, 2.24) is 4.90 Å². The smallest absolute Gasteiger partial charge is 0.305 e. The fourth-order valence-electron chi connectivity index (χ4n) is 3.44. The number of carboxylic acid groups (broad SMARTS) is 1. The van der Waals surface area contributed by atoms with Crippen LogP contribution in [-0.4, -0.2) is 27.8 Å². The summed E-state index contributed by atoms with van der Waals surface area (Å²) in [6.45, 7) is 0. The van der Waals surface area contributed by atoms with Gasteiger partial charge in [0.05, 0.1) is 12.5 Å². The Bertz CT molecular complexity index is 561. The van der Waals surface area contributed by atoms with Crippen molar-refractivity contribution in [2.45, 2.75) is 31.7 Å². The molecule has 1 aliphatic heterocycles. The zero-order valence-corrected chi connectivity index (χ0v) is 11.6. The van der Waals surface area contributed by atoms with E-state index in [0.717, 1.165) is 12.8 Å². The number of amides is 2. The van der Waals surface area contributed by atoms with E-state index in [-0.39, 0.29) is 30.1 Å². The molecule has 1 aliphatic carbocycles. The van der Waals surface area contributed by atoms with Gasteiger partial charge in [0.15, 0.2) is 0 Å². The molecule has 5 heteroatoms. The van der Waals surface area contributed by atoms with E-state index in [1.165, 1.54) is 4.90 Å². The molecule has 5 nitrogen and oxygen atoms in total. The predicted octanol–water partition coefficient (Wildman–Crippen LogP) is 1.99. The molecule has 0 radical (unpaired) electrons. The van der Waals surface area contributed by atoms with E-state index in [1.54, 1.807) is 24.3 Å². The number of carbonyl (C=O) groups excluding carboxylic acids is 2. The zero-order valence-electron chi connectivity index (χ0n) is 11.6. The predicted molar refractivity (Wildman–Crippen MR) is 74.1 cm³/mol. The van der Waals surface area contributed by atoms with Crippen molar-refractivity contribution in [1.29, 1.82) is 0 Å². The van der Waals surface area contributed by atoms with E-state index in [9.17, 15) is 14.4 Å². The molecule has 0 spiro atoms. The number of imide groups is 1. The molecule has 1 aromatic rings. The van der Waals surface area contributed by atoms with Crippen LogP contribution in [0.25, 0.3) is 0 Å². The fourth-order valence-corrected chi connectivity index (χ4v) is 3.44. The highest BCUT2D eigenvalue weighted by atomic mass is 16.4. The van der Waals surface area contributed by atoms with Gasteiger partial charge in [0.2, 0.25) is 11.8 Å². The molecule has 2 bridgehead atoms. The molecule has 2 amide bonds. The summed E-state index contributed by atoms with van der Waals surface area (Å²) in [4.78, 5) is 37.4. The number of hydrogen-bond acceptors (Lipinski definition) is 3. The lowest BCUT2D eigenvalue weighted by molar-refractivity contribution is -0.157. The average Bonchev–Trinajstić information content (AvgIpc) is 2.92. The van der Waals surface area contributed by atoms with E-state index >= 15 is 0 Å². The average molecular weight is 287 g/mol. The fraction of sp³-hybridized carbons (Fsp3) is 0.438. The first kappa shape index (κ1) is 13.8. The maximum absolute atomic E-state index is 12.5. The molecule has 0 aromatic heterocycles. The number of carbonyl (C=O) groups is 3. The van der Waals surface area contributed by atoms with E-state index in [0.29, 0.717) is 12.0 Å². The number of hydrogen-bond donors (Lipinski definition) is 1. The largest absolute Gasteiger partial charge is 0.481 e. The first-order valence-corrected chi connectivity index (χ1v) is 7.21. The molecule has 2 aliphatic rings. The highest BCUT2D eigenvalue weighted by molar-refractivity contribution is 6.01. The van der Waals surface area contributed by atoms with Crippen LogP contribution in [0, 0.1) is 11.8 Å². The number of benzene rings is 1. The first-order valence-electron chi connectivity index (χ1n) is 7.21. The molecule has 21 heavy (non-hydrogen) atoms. The molecular weight excluding hydrogens is 270 g/mol. The van der Waals surface area contributed by atoms with Gasteiger partial charge >= 0.3 is 5.97 Å². The second-order valence-corrected chi connectivity index (χ2v) is 5.78. The highest BCUT2D eigenvalue weighted by Gasteiger charge is 2.48. The number of likely N-dealkylation sites (tertiary alicyclic amines) is 1. The Labute approximate surface area is 122 Å². The van der Waals surface area contributed by atoms with Crippen molar-refractivity contribution in [2.24, 2.45) is 11.8 Å². The van der Waals surface area contributed by atoms with Crippen LogP contribution in [0.1, 0.15) is 37.3 Å². The van der Waals surface area contributed by atoms with Crippen LogP contribution < -0.4 is 0 Å². The van der Waals surface area contributed by atoms with Gasteiger partial charge in [-0.2, -0.15) is 0 Å². The third-order valence-corrected chi connectivity index (χ3v) is 4.47. The van der Waals surface area contributed by atoms with E-state index in [4.69, 9.17) is 5.11 Å². The van der Waals surface area contributed by atoms with Crippen LogP contribution in [0.15, 0.2) is 30.3 Å². The summed E-state index contributed by atoms with van der Waals surface area (Å²) in [5, 5.41) is 9.15. The van der Waals surface area contributed by atoms with Crippen molar-refractivity contribution in [3.05, 3.63) is 35.9 Å². The summed E-state index contributed by atoms with van der Waals surface area (Å²) in [7, 11) is 0. The molecule has 1 saturated heterocycles. The molecule has 1 N–H and O–H groups in total. The number of aliphatic carboxylic acids is 1. The quantitative estimate of drug-likeness (QED) is 0.859. The van der Waals surface area contributed by atoms with E-state index in [2.05, 4.69) is 0 Å². The van der Waals surface area contributed by atoms with Crippen LogP contribution >= 0.6 is 0 Å². The number of carboxylic acids is 1. The summed E-state index contributed by atoms with van der Waals surface area (Å²) >= 11 is 0. The second-order valence-electron chi connectivity index (χ2n) is 5.78. The van der Waals surface area contributed by atoms with Gasteiger partial charge in [-0.1, -0.05) is 30.3 Å². The molecule has 1 saturated carbocycles. The van der Waals surface area contributed by atoms with Gasteiger partial charge in [-0.3, -0.25) is 19.3 Å². The topological polar surface area (TPSA) is 74.7 Å². The third-order valence-electron chi connectivity index (χ3n) is 4.47. The minimum absolute atomic E-state index is 0.118. The van der Waals surface area contributed by atoms with Gasteiger partial charge in [-0.15, -0.1) is 0 Å². The van der Waals surface area contributed by atoms with Crippen molar-refractivity contribution >= 4 is 17.8 Å². The Kier molecular flexibility index (Phi) is 3.49. The second kappa shape index (κ2) is 5.31. The van der Waals surface area contributed by atoms with Crippen LogP contribution in [0.2, 0.25) is 0 Å². The maximum atomic E-state index is 12.5. The molecular formula is C16H17NO4. The molecule has 110 valence electrons. The molecule has 3 atom stereocenters. The lowest BCUT2D eigenvalue weighted by Gasteiger charge is -2.35. The normalized spacial score (nSPS) is 26.0. The summed E-state index contributed by atoms with van der Waals surface area (Å²) in [6.07, 6.45) is 1.85. The SMILES string of the molecule is O=C(O)CC(c1ccccc1)N1C(=O)C2CCC(C2)C1=O. The Morgan fingerprint density at radius 2 is 1.71 bits per heavy atom. The van der Waals surface area contributed by atoms with Crippen molar-refractivity contribution in [2.75, 3.05) is 0 Å². The van der Waals surface area contributed by atoms with Crippen molar-refractivity contribution < 1.29 is 19.5 Å². The first-order chi connectivity index (χ1) is 10.1. The Hall–Kier alpha value is -2.17. The summed E-state index contributed by atoms with van der Waals surface area (Å²) in [5.74, 6) is -1.66. The highest BCUT2D eigenvalue weighted by Crippen LogP contribution is 2.42. The summed E-state index contributed by atoms with van der Waals surface area (Å²) < 4.78 is 0. The molecule has 1 heterocycles. The van der Waals surface area contributed by atoms with Crippen LogP contribution in [0.4, 0.5) is 0 Å². The van der Waals surface area contributed by atoms with Gasteiger partial charge < -0.3 is 5.11 Å². The van der Waals surface area contributed by atoms with Gasteiger partial charge in [-0.05, 0) is 24.8 Å². The summed E-state index contributed by atoms with van der Waals surface area (Å²) in [5.41, 5.74) is 0.697. The van der Waals surface area contributed by atoms with Gasteiger partial charge in [0.1, 0.15) is 0 Å². The molecule has 1 aromatic carbocycles. The minimum atomic E-state index is -1.01. The van der Waals surface area contributed by atoms with Crippen molar-refractivity contribution in [3.8, 4) is 0 Å². The number of rotatable bonds is 4. The minimum Gasteiger partial charge on any atom is -0.481 e. The lowest BCUT2D eigenvalue weighted by Crippen LogP contribution is -2.48. The Morgan fingerprint density at radius 3 is 2.24 bits per heavy atom. The van der Waals surface area contributed by atoms with E-state index in [1.807, 2.05) is 6.07 Å². The molecule has 2 fully saturated rings. The van der Waals surface area contributed by atoms with Gasteiger partial charge in [-0.25, -0.2) is 0 Å². The van der Waals surface area contributed by atoms with Crippen LogP contribution in [0.5, 0.6) is 0 Å². The van der Waals surface area contributed by atoms with Gasteiger partial charge in [0, 0.05) is 11.8 Å². The van der Waals surface area contributed by atoms with Crippen LogP contribution in [0.3, 0.4) is 0 Å². The lowest BCUT2D eigenvalue weighted by atomic mass is 9.92. The Morgan fingerprint density at radius 1 is 1.14 bits per heavy atom. The molecule has 3 rings (SSSR count). The number of piperidine rings is 1. The van der Waals surface area contributed by atoms with Crippen molar-refractivity contribution in [3.63, 3.8) is 0 Å². The number of fused-ring (bicyclic) bond motifs is 2. The van der Waals surface area contributed by atoms with Gasteiger partial charge in [0.25, 0.3) is 0 Å².